The minimum Gasteiger partial charge on any atom is -0.340 e. The van der Waals surface area contributed by atoms with Crippen molar-refractivity contribution >= 4 is 11.6 Å². The van der Waals surface area contributed by atoms with E-state index in [1.54, 1.807) is 6.92 Å². The highest BCUT2D eigenvalue weighted by molar-refractivity contribution is 5.79. The van der Waals surface area contributed by atoms with Crippen molar-refractivity contribution in [3.8, 4) is 0 Å². The Bertz CT molecular complexity index is 666. The molecule has 136 valence electrons. The first-order valence-electron chi connectivity index (χ1n) is 8.91. The fourth-order valence-electron chi connectivity index (χ4n) is 3.88. The average Bonchev–Trinajstić information content (AvgIpc) is 3.13. The number of nitro benzene ring substituents is 1. The van der Waals surface area contributed by atoms with Gasteiger partial charge < -0.3 is 4.90 Å². The van der Waals surface area contributed by atoms with Crippen LogP contribution < -0.4 is 0 Å². The Balaban J connectivity index is 1.62. The van der Waals surface area contributed by atoms with Crippen LogP contribution in [0, 0.1) is 28.8 Å². The summed E-state index contributed by atoms with van der Waals surface area (Å²) in [6.45, 7) is 4.55. The number of hydrogen-bond acceptors (Lipinski definition) is 4. The molecule has 0 unspecified atom stereocenters. The molecule has 1 saturated carbocycles. The molecule has 0 radical (unpaired) electrons. The summed E-state index contributed by atoms with van der Waals surface area (Å²) in [6.07, 6.45) is 4.28. The van der Waals surface area contributed by atoms with E-state index >= 15 is 0 Å². The highest BCUT2D eigenvalue weighted by Gasteiger charge is 2.30. The molecule has 1 saturated heterocycles. The number of amides is 1. The van der Waals surface area contributed by atoms with Crippen LogP contribution in [0.4, 0.5) is 10.1 Å². The van der Waals surface area contributed by atoms with Crippen molar-refractivity contribution in [2.45, 2.75) is 39.2 Å². The third kappa shape index (κ3) is 3.81. The Hall–Kier alpha value is -2.02. The van der Waals surface area contributed by atoms with Crippen LogP contribution in [0.15, 0.2) is 12.1 Å². The fraction of sp³-hybridized carbons (Fsp3) is 0.611. The lowest BCUT2D eigenvalue weighted by Crippen LogP contribution is -2.49. The van der Waals surface area contributed by atoms with Gasteiger partial charge in [-0.1, -0.05) is 12.8 Å². The van der Waals surface area contributed by atoms with E-state index in [-0.39, 0.29) is 17.5 Å². The molecular weight excluding hydrogens is 325 g/mol. The summed E-state index contributed by atoms with van der Waals surface area (Å²) in [5.74, 6) is 0.0328. The molecule has 1 heterocycles. The monoisotopic (exact) mass is 349 g/mol. The molecule has 2 aliphatic rings. The van der Waals surface area contributed by atoms with Crippen LogP contribution in [-0.2, 0) is 11.3 Å². The fourth-order valence-corrected chi connectivity index (χ4v) is 3.88. The number of benzene rings is 1. The van der Waals surface area contributed by atoms with Crippen molar-refractivity contribution in [2.24, 2.45) is 5.92 Å². The Morgan fingerprint density at radius 1 is 1.24 bits per heavy atom. The first kappa shape index (κ1) is 17.8. The maximum atomic E-state index is 14.1. The molecule has 7 heteroatoms. The van der Waals surface area contributed by atoms with Crippen molar-refractivity contribution < 1.29 is 14.1 Å². The first-order valence-corrected chi connectivity index (χ1v) is 8.91. The van der Waals surface area contributed by atoms with Gasteiger partial charge in [0.1, 0.15) is 5.82 Å². The maximum absolute atomic E-state index is 14.1. The van der Waals surface area contributed by atoms with Gasteiger partial charge in [0.15, 0.2) is 0 Å². The molecule has 0 spiro atoms. The average molecular weight is 349 g/mol. The van der Waals surface area contributed by atoms with Crippen LogP contribution in [0.25, 0.3) is 0 Å². The molecule has 3 rings (SSSR count). The lowest BCUT2D eigenvalue weighted by Gasteiger charge is -2.36. The van der Waals surface area contributed by atoms with Gasteiger partial charge in [-0.2, -0.15) is 0 Å². The largest absolute Gasteiger partial charge is 0.340 e. The van der Waals surface area contributed by atoms with E-state index < -0.39 is 10.7 Å². The van der Waals surface area contributed by atoms with E-state index in [1.807, 2.05) is 4.90 Å². The Kier molecular flexibility index (Phi) is 5.32. The molecule has 0 N–H and O–H groups in total. The molecule has 6 nitrogen and oxygen atoms in total. The molecule has 0 bridgehead atoms. The van der Waals surface area contributed by atoms with Crippen molar-refractivity contribution in [3.05, 3.63) is 39.2 Å². The number of nitro groups is 1. The highest BCUT2D eigenvalue weighted by atomic mass is 19.1. The second kappa shape index (κ2) is 7.47. The lowest BCUT2D eigenvalue weighted by molar-refractivity contribution is -0.385. The van der Waals surface area contributed by atoms with Gasteiger partial charge in [-0.3, -0.25) is 19.8 Å². The van der Waals surface area contributed by atoms with Crippen molar-refractivity contribution in [2.75, 3.05) is 26.2 Å². The SMILES string of the molecule is Cc1c([N+](=O)[O-])ccc(F)c1CN1CCN(C(=O)C2CCCC2)CC1. The zero-order valence-corrected chi connectivity index (χ0v) is 14.5. The van der Waals surface area contributed by atoms with E-state index in [2.05, 4.69) is 4.90 Å². The van der Waals surface area contributed by atoms with Crippen LogP contribution in [0.2, 0.25) is 0 Å². The summed E-state index contributed by atoms with van der Waals surface area (Å²) in [7, 11) is 0. The summed E-state index contributed by atoms with van der Waals surface area (Å²) >= 11 is 0. The Morgan fingerprint density at radius 2 is 1.88 bits per heavy atom. The molecule has 1 aromatic rings. The van der Waals surface area contributed by atoms with E-state index in [0.29, 0.717) is 43.9 Å². The minimum atomic E-state index is -0.476. The van der Waals surface area contributed by atoms with Gasteiger partial charge in [0, 0.05) is 55.8 Å². The molecule has 0 aromatic heterocycles. The Morgan fingerprint density at radius 3 is 2.48 bits per heavy atom. The summed E-state index contributed by atoms with van der Waals surface area (Å²) in [5.41, 5.74) is 0.714. The van der Waals surface area contributed by atoms with Gasteiger partial charge in [0.25, 0.3) is 5.69 Å². The molecule has 0 atom stereocenters. The van der Waals surface area contributed by atoms with Crippen LogP contribution in [0.1, 0.15) is 36.8 Å². The van der Waals surface area contributed by atoms with Gasteiger partial charge in [0.05, 0.1) is 4.92 Å². The predicted molar refractivity (Wildman–Crippen MR) is 91.6 cm³/mol. The number of carbonyl (C=O) groups excluding carboxylic acids is 1. The third-order valence-electron chi connectivity index (χ3n) is 5.48. The smallest absolute Gasteiger partial charge is 0.272 e. The molecule has 1 amide bonds. The van der Waals surface area contributed by atoms with Gasteiger partial charge in [0.2, 0.25) is 5.91 Å². The van der Waals surface area contributed by atoms with Crippen molar-refractivity contribution in [1.82, 2.24) is 9.80 Å². The molecule has 1 aromatic carbocycles. The van der Waals surface area contributed by atoms with Crippen LogP contribution >= 0.6 is 0 Å². The number of piperazine rings is 1. The summed E-state index contributed by atoms with van der Waals surface area (Å²) < 4.78 is 14.1. The summed E-state index contributed by atoms with van der Waals surface area (Å²) in [6, 6.07) is 2.38. The quantitative estimate of drug-likeness (QED) is 0.619. The number of carbonyl (C=O) groups is 1. The molecular formula is C18H24FN3O3. The zero-order chi connectivity index (χ0) is 18.0. The van der Waals surface area contributed by atoms with Gasteiger partial charge in [-0.15, -0.1) is 0 Å². The van der Waals surface area contributed by atoms with Crippen LogP contribution in [0.3, 0.4) is 0 Å². The number of hydrogen-bond donors (Lipinski definition) is 0. The molecule has 1 aliphatic carbocycles. The van der Waals surface area contributed by atoms with Gasteiger partial charge in [-0.25, -0.2) is 4.39 Å². The normalized spacial score (nSPS) is 19.4. The van der Waals surface area contributed by atoms with Gasteiger partial charge >= 0.3 is 0 Å². The predicted octanol–water partition coefficient (Wildman–Crippen LogP) is 2.88. The van der Waals surface area contributed by atoms with E-state index in [4.69, 9.17) is 0 Å². The molecule has 1 aliphatic heterocycles. The minimum absolute atomic E-state index is 0.0496. The van der Waals surface area contributed by atoms with Crippen LogP contribution in [0.5, 0.6) is 0 Å². The van der Waals surface area contributed by atoms with E-state index in [9.17, 15) is 19.3 Å². The Labute approximate surface area is 146 Å². The first-order chi connectivity index (χ1) is 12.0. The van der Waals surface area contributed by atoms with E-state index in [0.717, 1.165) is 25.7 Å². The van der Waals surface area contributed by atoms with E-state index in [1.165, 1.54) is 12.1 Å². The zero-order valence-electron chi connectivity index (χ0n) is 14.5. The standard InChI is InChI=1S/C18H24FN3O3/c1-13-15(16(19)6-7-17(13)22(24)25)12-20-8-10-21(11-9-20)18(23)14-4-2-3-5-14/h6-7,14H,2-5,8-12H2,1H3. The second-order valence-corrected chi connectivity index (χ2v) is 7.01. The number of rotatable bonds is 4. The maximum Gasteiger partial charge on any atom is 0.272 e. The lowest BCUT2D eigenvalue weighted by atomic mass is 10.0. The topological polar surface area (TPSA) is 66.7 Å². The van der Waals surface area contributed by atoms with Crippen molar-refractivity contribution in [3.63, 3.8) is 0 Å². The summed E-state index contributed by atoms with van der Waals surface area (Å²) in [5, 5.41) is 11.0. The molecule has 25 heavy (non-hydrogen) atoms. The van der Waals surface area contributed by atoms with Crippen LogP contribution in [-0.4, -0.2) is 46.8 Å². The van der Waals surface area contributed by atoms with Gasteiger partial charge in [-0.05, 0) is 25.8 Å². The second-order valence-electron chi connectivity index (χ2n) is 7.01. The third-order valence-corrected chi connectivity index (χ3v) is 5.48. The highest BCUT2D eigenvalue weighted by Crippen LogP contribution is 2.28. The summed E-state index contributed by atoms with van der Waals surface area (Å²) in [4.78, 5) is 27.0. The molecule has 2 fully saturated rings. The number of nitrogens with zero attached hydrogens (tertiary/aromatic N) is 3. The number of halogens is 1. The van der Waals surface area contributed by atoms with Crippen molar-refractivity contribution in [1.29, 1.82) is 0 Å².